The zero-order valence-corrected chi connectivity index (χ0v) is 15.9. The summed E-state index contributed by atoms with van der Waals surface area (Å²) in [4.78, 5) is 8.26. The highest BCUT2D eigenvalue weighted by atomic mass is 32.2. The van der Waals surface area contributed by atoms with Crippen molar-refractivity contribution in [3.05, 3.63) is 66.4 Å². The summed E-state index contributed by atoms with van der Waals surface area (Å²) in [6.45, 7) is 1.77. The van der Waals surface area contributed by atoms with Crippen LogP contribution in [0.2, 0.25) is 0 Å². The normalized spacial score (nSPS) is 11.7. The minimum atomic E-state index is -4.07. The van der Waals surface area contributed by atoms with Crippen molar-refractivity contribution in [3.8, 4) is 11.3 Å². The second kappa shape index (κ2) is 6.68. The Hall–Kier alpha value is -3.33. The fourth-order valence-electron chi connectivity index (χ4n) is 3.00. The van der Waals surface area contributed by atoms with Gasteiger partial charge < -0.3 is 5.32 Å². The van der Waals surface area contributed by atoms with Gasteiger partial charge in [0.15, 0.2) is 16.4 Å². The van der Waals surface area contributed by atoms with E-state index in [1.165, 1.54) is 22.7 Å². The summed E-state index contributed by atoms with van der Waals surface area (Å²) >= 11 is 0. The van der Waals surface area contributed by atoms with Gasteiger partial charge in [0.05, 0.1) is 10.6 Å². The number of pyridine rings is 1. The quantitative estimate of drug-likeness (QED) is 0.569. The predicted octanol–water partition coefficient (Wildman–Crippen LogP) is 3.11. The van der Waals surface area contributed by atoms with Gasteiger partial charge in [-0.05, 0) is 43.3 Å². The van der Waals surface area contributed by atoms with Crippen molar-refractivity contribution in [2.24, 2.45) is 0 Å². The molecule has 0 saturated carbocycles. The maximum atomic E-state index is 13.7. The van der Waals surface area contributed by atoms with Crippen LogP contribution >= 0.6 is 0 Å². The SMILES string of the molecule is CNc1nn2c(-c3cccnc3)cc(C)nc2c1S(=O)(=O)c1cccc(F)c1. The zero-order chi connectivity index (χ0) is 19.9. The lowest BCUT2D eigenvalue weighted by molar-refractivity contribution is 0.591. The van der Waals surface area contributed by atoms with Gasteiger partial charge in [-0.3, -0.25) is 4.98 Å². The summed E-state index contributed by atoms with van der Waals surface area (Å²) < 4.78 is 41.7. The van der Waals surface area contributed by atoms with Crippen molar-refractivity contribution in [1.29, 1.82) is 0 Å². The third-order valence-corrected chi connectivity index (χ3v) is 6.03. The summed E-state index contributed by atoms with van der Waals surface area (Å²) in [7, 11) is -2.49. The van der Waals surface area contributed by atoms with Crippen molar-refractivity contribution in [2.45, 2.75) is 16.7 Å². The van der Waals surface area contributed by atoms with E-state index in [4.69, 9.17) is 0 Å². The summed E-state index contributed by atoms with van der Waals surface area (Å²) in [5.74, 6) is -0.503. The van der Waals surface area contributed by atoms with Crippen LogP contribution in [0.1, 0.15) is 5.69 Å². The highest BCUT2D eigenvalue weighted by molar-refractivity contribution is 7.91. The molecular weight excluding hydrogens is 381 g/mol. The zero-order valence-electron chi connectivity index (χ0n) is 15.1. The Morgan fingerprint density at radius 3 is 2.64 bits per heavy atom. The van der Waals surface area contributed by atoms with Crippen LogP contribution < -0.4 is 5.32 Å². The van der Waals surface area contributed by atoms with Crippen LogP contribution in [0.5, 0.6) is 0 Å². The molecule has 3 heterocycles. The number of fused-ring (bicyclic) bond motifs is 1. The number of rotatable bonds is 4. The molecule has 28 heavy (non-hydrogen) atoms. The number of sulfone groups is 1. The molecule has 0 fully saturated rings. The van der Waals surface area contributed by atoms with Crippen LogP contribution in [0, 0.1) is 12.7 Å². The standard InChI is InChI=1S/C19H16FN5O2S/c1-12-9-16(13-5-4-8-22-11-13)25-19(23-12)17(18(21-2)24-25)28(26,27)15-7-3-6-14(20)10-15/h3-11H,1-2H3,(H,21,24). The van der Waals surface area contributed by atoms with E-state index >= 15 is 0 Å². The molecule has 0 amide bonds. The topological polar surface area (TPSA) is 89.2 Å². The van der Waals surface area contributed by atoms with Gasteiger partial charge in [0, 0.05) is 30.7 Å². The predicted molar refractivity (Wildman–Crippen MR) is 102 cm³/mol. The Morgan fingerprint density at radius 1 is 1.14 bits per heavy atom. The average molecular weight is 397 g/mol. The second-order valence-electron chi connectivity index (χ2n) is 6.15. The van der Waals surface area contributed by atoms with Crippen LogP contribution in [-0.4, -0.2) is 35.0 Å². The van der Waals surface area contributed by atoms with E-state index in [1.54, 1.807) is 38.5 Å². The number of nitrogens with zero attached hydrogens (tertiary/aromatic N) is 4. The first-order valence-electron chi connectivity index (χ1n) is 8.41. The summed E-state index contributed by atoms with van der Waals surface area (Å²) in [5, 5.41) is 7.22. The molecule has 0 aliphatic rings. The largest absolute Gasteiger partial charge is 0.370 e. The van der Waals surface area contributed by atoms with Crippen LogP contribution in [0.25, 0.3) is 16.9 Å². The highest BCUT2D eigenvalue weighted by Crippen LogP contribution is 2.33. The van der Waals surface area contributed by atoms with Crippen LogP contribution in [0.15, 0.2) is 64.6 Å². The minimum Gasteiger partial charge on any atom is -0.370 e. The van der Waals surface area contributed by atoms with Gasteiger partial charge in [-0.15, -0.1) is 5.10 Å². The molecular formula is C19H16FN5O2S. The van der Waals surface area contributed by atoms with Crippen molar-refractivity contribution in [3.63, 3.8) is 0 Å². The molecule has 0 aliphatic heterocycles. The van der Waals surface area contributed by atoms with E-state index in [-0.39, 0.29) is 21.3 Å². The van der Waals surface area contributed by atoms with E-state index in [0.29, 0.717) is 11.4 Å². The maximum absolute atomic E-state index is 13.7. The Bertz CT molecular complexity index is 1290. The fraction of sp³-hybridized carbons (Fsp3) is 0.105. The second-order valence-corrected chi connectivity index (χ2v) is 8.03. The van der Waals surface area contributed by atoms with Crippen LogP contribution in [0.4, 0.5) is 10.2 Å². The summed E-state index contributed by atoms with van der Waals surface area (Å²) in [5.41, 5.74) is 2.18. The van der Waals surface area contributed by atoms with E-state index in [0.717, 1.165) is 11.6 Å². The molecule has 0 unspecified atom stereocenters. The molecule has 7 nitrogen and oxygen atoms in total. The fourth-order valence-corrected chi connectivity index (χ4v) is 4.53. The molecule has 0 spiro atoms. The van der Waals surface area contributed by atoms with Crippen molar-refractivity contribution < 1.29 is 12.8 Å². The summed E-state index contributed by atoms with van der Waals surface area (Å²) in [6, 6.07) is 10.3. The van der Waals surface area contributed by atoms with Gasteiger partial charge in [-0.2, -0.15) is 0 Å². The van der Waals surface area contributed by atoms with E-state index in [9.17, 15) is 12.8 Å². The lowest BCUT2D eigenvalue weighted by atomic mass is 10.2. The molecule has 9 heteroatoms. The number of hydrogen-bond donors (Lipinski definition) is 1. The lowest BCUT2D eigenvalue weighted by Gasteiger charge is -2.07. The third kappa shape index (κ3) is 2.89. The summed E-state index contributed by atoms with van der Waals surface area (Å²) in [6.07, 6.45) is 3.31. The number of anilines is 1. The minimum absolute atomic E-state index is 0.102. The highest BCUT2D eigenvalue weighted by Gasteiger charge is 2.29. The lowest BCUT2D eigenvalue weighted by Crippen LogP contribution is -2.06. The number of aryl methyl sites for hydroxylation is 1. The number of nitrogens with one attached hydrogen (secondary N) is 1. The molecule has 0 atom stereocenters. The van der Waals surface area contributed by atoms with Crippen molar-refractivity contribution in [2.75, 3.05) is 12.4 Å². The first-order valence-corrected chi connectivity index (χ1v) is 9.89. The first-order chi connectivity index (χ1) is 13.4. The van der Waals surface area contributed by atoms with Crippen LogP contribution in [-0.2, 0) is 9.84 Å². The maximum Gasteiger partial charge on any atom is 0.214 e. The van der Waals surface area contributed by atoms with Crippen molar-refractivity contribution in [1.82, 2.24) is 19.6 Å². The number of benzene rings is 1. The number of hydrogen-bond acceptors (Lipinski definition) is 6. The molecule has 0 radical (unpaired) electrons. The Morgan fingerprint density at radius 2 is 1.96 bits per heavy atom. The van der Waals surface area contributed by atoms with Gasteiger partial charge in [-0.25, -0.2) is 22.3 Å². The van der Waals surface area contributed by atoms with Gasteiger partial charge >= 0.3 is 0 Å². The molecule has 3 aromatic heterocycles. The van der Waals surface area contributed by atoms with Crippen LogP contribution in [0.3, 0.4) is 0 Å². The molecule has 4 aromatic rings. The molecule has 0 bridgehead atoms. The Kier molecular flexibility index (Phi) is 4.31. The number of halogens is 1. The van der Waals surface area contributed by atoms with E-state index in [1.807, 2.05) is 6.07 Å². The molecule has 1 N–H and O–H groups in total. The molecule has 1 aromatic carbocycles. The molecule has 142 valence electrons. The first kappa shape index (κ1) is 18.1. The molecule has 4 rings (SSSR count). The monoisotopic (exact) mass is 397 g/mol. The molecule has 0 aliphatic carbocycles. The Labute approximate surface area is 160 Å². The smallest absolute Gasteiger partial charge is 0.214 e. The van der Waals surface area contributed by atoms with Gasteiger partial charge in [0.25, 0.3) is 0 Å². The van der Waals surface area contributed by atoms with Gasteiger partial charge in [-0.1, -0.05) is 6.07 Å². The van der Waals surface area contributed by atoms with E-state index < -0.39 is 15.7 Å². The number of aromatic nitrogens is 4. The molecule has 0 saturated heterocycles. The van der Waals surface area contributed by atoms with Crippen molar-refractivity contribution >= 4 is 21.3 Å². The van der Waals surface area contributed by atoms with Gasteiger partial charge in [0.1, 0.15) is 5.82 Å². The third-order valence-electron chi connectivity index (χ3n) is 4.24. The Balaban J connectivity index is 2.06. The average Bonchev–Trinajstić information content (AvgIpc) is 3.07. The van der Waals surface area contributed by atoms with E-state index in [2.05, 4.69) is 20.4 Å². The van der Waals surface area contributed by atoms with Gasteiger partial charge in [0.2, 0.25) is 9.84 Å².